The molecule has 92 valence electrons. The van der Waals surface area contributed by atoms with Crippen molar-refractivity contribution in [3.63, 3.8) is 0 Å². The summed E-state index contributed by atoms with van der Waals surface area (Å²) >= 11 is 0. The Hall–Kier alpha value is -2.43. The van der Waals surface area contributed by atoms with Crippen LogP contribution in [0.25, 0.3) is 6.08 Å². The van der Waals surface area contributed by atoms with Gasteiger partial charge in [0.1, 0.15) is 0 Å². The van der Waals surface area contributed by atoms with Gasteiger partial charge in [0.05, 0.1) is 18.9 Å². The van der Waals surface area contributed by atoms with E-state index in [2.05, 4.69) is 15.5 Å². The van der Waals surface area contributed by atoms with Crippen molar-refractivity contribution in [1.29, 1.82) is 0 Å². The van der Waals surface area contributed by atoms with Crippen molar-refractivity contribution in [1.82, 2.24) is 20.3 Å². The van der Waals surface area contributed by atoms with Gasteiger partial charge in [-0.1, -0.05) is 30.3 Å². The summed E-state index contributed by atoms with van der Waals surface area (Å²) in [6, 6.07) is 9.69. The van der Waals surface area contributed by atoms with Crippen LogP contribution in [0.1, 0.15) is 5.56 Å². The summed E-state index contributed by atoms with van der Waals surface area (Å²) < 4.78 is 0. The van der Waals surface area contributed by atoms with Gasteiger partial charge in [-0.3, -0.25) is 4.79 Å². The van der Waals surface area contributed by atoms with Gasteiger partial charge in [-0.05, 0) is 11.6 Å². The maximum Gasteiger partial charge on any atom is 0.244 e. The average molecular weight is 242 g/mol. The van der Waals surface area contributed by atoms with Gasteiger partial charge in [0.2, 0.25) is 5.91 Å². The smallest absolute Gasteiger partial charge is 0.244 e. The van der Waals surface area contributed by atoms with Crippen molar-refractivity contribution in [2.75, 3.05) is 6.54 Å². The van der Waals surface area contributed by atoms with Crippen LogP contribution in [-0.4, -0.2) is 27.4 Å². The highest BCUT2D eigenvalue weighted by atomic mass is 16.1. The molecule has 18 heavy (non-hydrogen) atoms. The van der Waals surface area contributed by atoms with E-state index in [-0.39, 0.29) is 5.91 Å². The van der Waals surface area contributed by atoms with Crippen molar-refractivity contribution in [2.45, 2.75) is 6.54 Å². The lowest BCUT2D eigenvalue weighted by Gasteiger charge is -2.01. The Morgan fingerprint density at radius 2 is 1.94 bits per heavy atom. The molecular weight excluding hydrogens is 228 g/mol. The van der Waals surface area contributed by atoms with E-state index in [4.69, 9.17) is 0 Å². The Balaban J connectivity index is 1.74. The van der Waals surface area contributed by atoms with Crippen molar-refractivity contribution in [2.24, 2.45) is 0 Å². The van der Waals surface area contributed by atoms with Crippen LogP contribution in [0.4, 0.5) is 0 Å². The zero-order valence-corrected chi connectivity index (χ0v) is 9.86. The maximum atomic E-state index is 11.5. The standard InChI is InChI=1S/C13H14N4O/c18-13(7-6-12-4-2-1-3-5-12)14-10-11-17-15-8-9-16-17/h1-9H,10-11H2,(H,14,18)/b7-6+. The number of carbonyl (C=O) groups is 1. The van der Waals surface area contributed by atoms with Crippen LogP contribution in [-0.2, 0) is 11.3 Å². The molecule has 0 radical (unpaired) electrons. The van der Waals surface area contributed by atoms with Gasteiger partial charge in [-0.2, -0.15) is 15.0 Å². The summed E-state index contributed by atoms with van der Waals surface area (Å²) in [5.74, 6) is -0.119. The van der Waals surface area contributed by atoms with Crippen molar-refractivity contribution >= 4 is 12.0 Å². The van der Waals surface area contributed by atoms with E-state index < -0.39 is 0 Å². The molecule has 5 nitrogen and oxygen atoms in total. The first-order chi connectivity index (χ1) is 8.84. The van der Waals surface area contributed by atoms with Crippen LogP contribution in [0, 0.1) is 0 Å². The van der Waals surface area contributed by atoms with Crippen LogP contribution < -0.4 is 5.32 Å². The first-order valence-electron chi connectivity index (χ1n) is 5.70. The number of carbonyl (C=O) groups excluding carboxylic acids is 1. The van der Waals surface area contributed by atoms with Crippen LogP contribution in [0.5, 0.6) is 0 Å². The monoisotopic (exact) mass is 242 g/mol. The minimum Gasteiger partial charge on any atom is -0.351 e. The summed E-state index contributed by atoms with van der Waals surface area (Å²) in [6.45, 7) is 1.07. The van der Waals surface area contributed by atoms with Crippen LogP contribution in [0.2, 0.25) is 0 Å². The van der Waals surface area contributed by atoms with E-state index in [1.54, 1.807) is 18.5 Å². The van der Waals surface area contributed by atoms with Gasteiger partial charge < -0.3 is 5.32 Å². The van der Waals surface area contributed by atoms with E-state index >= 15 is 0 Å². The Labute approximate surface area is 105 Å². The van der Waals surface area contributed by atoms with Gasteiger partial charge in [0.15, 0.2) is 0 Å². The number of benzene rings is 1. The summed E-state index contributed by atoms with van der Waals surface area (Å²) in [7, 11) is 0. The van der Waals surface area contributed by atoms with E-state index in [0.717, 1.165) is 5.56 Å². The molecule has 1 aromatic carbocycles. The molecule has 0 aliphatic heterocycles. The van der Waals surface area contributed by atoms with Crippen LogP contribution in [0.3, 0.4) is 0 Å². The topological polar surface area (TPSA) is 59.8 Å². The predicted molar refractivity (Wildman–Crippen MR) is 68.5 cm³/mol. The van der Waals surface area contributed by atoms with Crippen LogP contribution >= 0.6 is 0 Å². The van der Waals surface area contributed by atoms with Crippen molar-refractivity contribution in [3.05, 3.63) is 54.4 Å². The Bertz CT molecular complexity index is 505. The summed E-state index contributed by atoms with van der Waals surface area (Å²) in [5.41, 5.74) is 1.00. The summed E-state index contributed by atoms with van der Waals surface area (Å²) in [6.07, 6.45) is 6.52. The zero-order chi connectivity index (χ0) is 12.6. The number of hydrogen-bond acceptors (Lipinski definition) is 3. The van der Waals surface area contributed by atoms with E-state index in [1.165, 1.54) is 10.9 Å². The second-order valence-electron chi connectivity index (χ2n) is 3.66. The molecule has 1 heterocycles. The van der Waals surface area contributed by atoms with Crippen molar-refractivity contribution < 1.29 is 4.79 Å². The molecule has 0 aliphatic rings. The molecule has 1 N–H and O–H groups in total. The third kappa shape index (κ3) is 3.86. The Morgan fingerprint density at radius 3 is 2.67 bits per heavy atom. The lowest BCUT2D eigenvalue weighted by Crippen LogP contribution is -2.26. The minimum atomic E-state index is -0.119. The normalized spacial score (nSPS) is 10.7. The van der Waals surface area contributed by atoms with Gasteiger partial charge in [-0.25, -0.2) is 0 Å². The van der Waals surface area contributed by atoms with E-state index in [9.17, 15) is 4.79 Å². The molecule has 2 aromatic rings. The third-order valence-electron chi connectivity index (χ3n) is 2.30. The molecule has 0 unspecified atom stereocenters. The van der Waals surface area contributed by atoms with Gasteiger partial charge >= 0.3 is 0 Å². The Kier molecular flexibility index (Phi) is 4.24. The molecule has 0 atom stereocenters. The number of amides is 1. The molecule has 0 fully saturated rings. The highest BCUT2D eigenvalue weighted by Gasteiger charge is 1.96. The van der Waals surface area contributed by atoms with Crippen molar-refractivity contribution in [3.8, 4) is 0 Å². The lowest BCUT2D eigenvalue weighted by molar-refractivity contribution is -0.116. The molecule has 0 aliphatic carbocycles. The highest BCUT2D eigenvalue weighted by molar-refractivity contribution is 5.91. The second-order valence-corrected chi connectivity index (χ2v) is 3.66. The fourth-order valence-electron chi connectivity index (χ4n) is 1.43. The molecule has 1 aromatic heterocycles. The second kappa shape index (κ2) is 6.34. The number of rotatable bonds is 5. The number of nitrogens with one attached hydrogen (secondary N) is 1. The maximum absolute atomic E-state index is 11.5. The minimum absolute atomic E-state index is 0.119. The third-order valence-corrected chi connectivity index (χ3v) is 2.30. The molecule has 1 amide bonds. The van der Waals surface area contributed by atoms with E-state index in [0.29, 0.717) is 13.1 Å². The van der Waals surface area contributed by atoms with Gasteiger partial charge in [0.25, 0.3) is 0 Å². The van der Waals surface area contributed by atoms with E-state index in [1.807, 2.05) is 30.3 Å². The summed E-state index contributed by atoms with van der Waals surface area (Å²) in [4.78, 5) is 13.0. The molecule has 5 heteroatoms. The molecule has 0 saturated heterocycles. The highest BCUT2D eigenvalue weighted by Crippen LogP contribution is 2.00. The molecular formula is C13H14N4O. The quantitative estimate of drug-likeness (QED) is 0.799. The van der Waals surface area contributed by atoms with Gasteiger partial charge in [-0.15, -0.1) is 0 Å². The number of aromatic nitrogens is 3. The first kappa shape index (κ1) is 12.0. The Morgan fingerprint density at radius 1 is 1.22 bits per heavy atom. The molecule has 0 saturated carbocycles. The number of nitrogens with zero attached hydrogens (tertiary/aromatic N) is 3. The summed E-state index contributed by atoms with van der Waals surface area (Å²) in [5, 5.41) is 10.7. The molecule has 0 bridgehead atoms. The molecule has 2 rings (SSSR count). The SMILES string of the molecule is O=C(/C=C/c1ccccc1)NCCn1nccn1. The first-order valence-corrected chi connectivity index (χ1v) is 5.70. The largest absolute Gasteiger partial charge is 0.351 e. The van der Waals surface area contributed by atoms with Crippen LogP contribution in [0.15, 0.2) is 48.8 Å². The average Bonchev–Trinajstić information content (AvgIpc) is 2.91. The van der Waals surface area contributed by atoms with Gasteiger partial charge in [0, 0.05) is 12.6 Å². The zero-order valence-electron chi connectivity index (χ0n) is 9.86. The fourth-order valence-corrected chi connectivity index (χ4v) is 1.43. The fraction of sp³-hybridized carbons (Fsp3) is 0.154. The molecule has 0 spiro atoms. The number of hydrogen-bond donors (Lipinski definition) is 1. The predicted octanol–water partition coefficient (Wildman–Crippen LogP) is 1.11. The lowest BCUT2D eigenvalue weighted by atomic mass is 10.2.